The summed E-state index contributed by atoms with van der Waals surface area (Å²) in [5, 5.41) is 0. The molecule has 0 aliphatic carbocycles. The third-order valence-electron chi connectivity index (χ3n) is 5.22. The van der Waals surface area contributed by atoms with Crippen LogP contribution in [0.15, 0.2) is 48.5 Å². The number of hydrogen-bond donors (Lipinski definition) is 0. The van der Waals surface area contributed by atoms with Gasteiger partial charge in [-0.15, -0.1) is 0 Å². The number of morpholine rings is 1. The van der Waals surface area contributed by atoms with Gasteiger partial charge in [0.1, 0.15) is 5.75 Å². The molecule has 2 aliphatic rings. The number of fused-ring (bicyclic) bond motifs is 1. The lowest BCUT2D eigenvalue weighted by atomic mass is 9.88. The van der Waals surface area contributed by atoms with Gasteiger partial charge in [-0.1, -0.05) is 36.4 Å². The summed E-state index contributed by atoms with van der Waals surface area (Å²) >= 11 is 0. The van der Waals surface area contributed by atoms with Crippen LogP contribution in [0.4, 0.5) is 4.79 Å². The van der Waals surface area contributed by atoms with Gasteiger partial charge in [-0.3, -0.25) is 0 Å². The summed E-state index contributed by atoms with van der Waals surface area (Å²) in [6.45, 7) is 3.25. The number of carbonyl (C=O) groups excluding carboxylic acids is 1. The zero-order valence-corrected chi connectivity index (χ0v) is 15.1. The molecule has 0 N–H and O–H groups in total. The lowest BCUT2D eigenvalue weighted by Crippen LogP contribution is -2.51. The van der Waals surface area contributed by atoms with Gasteiger partial charge in [-0.05, 0) is 35.2 Å². The Hall–Kier alpha value is -2.53. The lowest BCUT2D eigenvalue weighted by Gasteiger charge is -2.41. The standard InChI is InChI=1S/C21H24N2O3/c1-25-18-8-7-16-9-10-23(21(24)22-11-13-26-14-12-22)20(19(16)15-18)17-5-3-2-4-6-17/h2-8,15,20H,9-14H2,1H3. The first-order valence-corrected chi connectivity index (χ1v) is 9.13. The van der Waals surface area contributed by atoms with Crippen LogP contribution in [0, 0.1) is 0 Å². The Morgan fingerprint density at radius 2 is 1.85 bits per heavy atom. The molecule has 0 aromatic heterocycles. The molecule has 1 unspecified atom stereocenters. The van der Waals surface area contributed by atoms with Crippen molar-refractivity contribution in [1.82, 2.24) is 9.80 Å². The lowest BCUT2D eigenvalue weighted by molar-refractivity contribution is 0.0400. The second kappa shape index (κ2) is 7.38. The minimum Gasteiger partial charge on any atom is -0.497 e. The Bertz CT molecular complexity index is 772. The Labute approximate surface area is 154 Å². The average Bonchev–Trinajstić information content (AvgIpc) is 2.73. The van der Waals surface area contributed by atoms with Crippen LogP contribution in [0.2, 0.25) is 0 Å². The first-order chi connectivity index (χ1) is 12.8. The van der Waals surface area contributed by atoms with Crippen molar-refractivity contribution >= 4 is 6.03 Å². The van der Waals surface area contributed by atoms with Crippen molar-refractivity contribution in [2.45, 2.75) is 12.5 Å². The monoisotopic (exact) mass is 352 g/mol. The molecule has 2 aromatic carbocycles. The number of ether oxygens (including phenoxy) is 2. The zero-order valence-electron chi connectivity index (χ0n) is 15.1. The summed E-state index contributed by atoms with van der Waals surface area (Å²) in [6.07, 6.45) is 0.860. The normalized spacial score (nSPS) is 19.8. The predicted molar refractivity (Wildman–Crippen MR) is 99.5 cm³/mol. The summed E-state index contributed by atoms with van der Waals surface area (Å²) in [5.41, 5.74) is 3.57. The van der Waals surface area contributed by atoms with Crippen LogP contribution in [-0.2, 0) is 11.2 Å². The minimum atomic E-state index is -0.0922. The Balaban J connectivity index is 1.74. The van der Waals surface area contributed by atoms with E-state index >= 15 is 0 Å². The fourth-order valence-corrected chi connectivity index (χ4v) is 3.86. The van der Waals surface area contributed by atoms with Crippen LogP contribution in [0.1, 0.15) is 22.7 Å². The highest BCUT2D eigenvalue weighted by Crippen LogP contribution is 2.37. The molecule has 4 rings (SSSR count). The summed E-state index contributed by atoms with van der Waals surface area (Å²) in [7, 11) is 1.68. The van der Waals surface area contributed by atoms with E-state index in [-0.39, 0.29) is 12.1 Å². The Kier molecular flexibility index (Phi) is 4.80. The Morgan fingerprint density at radius 3 is 2.58 bits per heavy atom. The molecular formula is C21H24N2O3. The van der Waals surface area contributed by atoms with E-state index < -0.39 is 0 Å². The molecular weight excluding hydrogens is 328 g/mol. The van der Waals surface area contributed by atoms with Crippen molar-refractivity contribution < 1.29 is 14.3 Å². The fourth-order valence-electron chi connectivity index (χ4n) is 3.86. The third-order valence-corrected chi connectivity index (χ3v) is 5.22. The average molecular weight is 352 g/mol. The van der Waals surface area contributed by atoms with Gasteiger partial charge in [0.05, 0.1) is 26.4 Å². The van der Waals surface area contributed by atoms with Gasteiger partial charge in [-0.25, -0.2) is 4.79 Å². The number of nitrogens with zero attached hydrogens (tertiary/aromatic N) is 2. The van der Waals surface area contributed by atoms with E-state index in [4.69, 9.17) is 9.47 Å². The first-order valence-electron chi connectivity index (χ1n) is 9.13. The number of methoxy groups -OCH3 is 1. The minimum absolute atomic E-state index is 0.0922. The molecule has 2 amide bonds. The van der Waals surface area contributed by atoms with Crippen LogP contribution in [-0.4, -0.2) is 55.8 Å². The highest BCUT2D eigenvalue weighted by molar-refractivity contribution is 5.76. The number of hydrogen-bond acceptors (Lipinski definition) is 3. The fraction of sp³-hybridized carbons (Fsp3) is 0.381. The predicted octanol–water partition coefficient (Wildman–Crippen LogP) is 3.09. The SMILES string of the molecule is COc1ccc2c(c1)C(c1ccccc1)N(C(=O)N1CCOCC1)CC2. The maximum absolute atomic E-state index is 13.3. The number of benzene rings is 2. The Morgan fingerprint density at radius 1 is 1.08 bits per heavy atom. The van der Waals surface area contributed by atoms with Crippen LogP contribution >= 0.6 is 0 Å². The van der Waals surface area contributed by atoms with Crippen molar-refractivity contribution in [1.29, 1.82) is 0 Å². The topological polar surface area (TPSA) is 42.0 Å². The van der Waals surface area contributed by atoms with E-state index in [1.54, 1.807) is 7.11 Å². The molecule has 26 heavy (non-hydrogen) atoms. The maximum Gasteiger partial charge on any atom is 0.320 e. The molecule has 0 saturated carbocycles. The molecule has 2 aliphatic heterocycles. The van der Waals surface area contributed by atoms with E-state index in [1.165, 1.54) is 5.56 Å². The van der Waals surface area contributed by atoms with Gasteiger partial charge in [0, 0.05) is 19.6 Å². The molecule has 5 heteroatoms. The molecule has 0 spiro atoms. The van der Waals surface area contributed by atoms with E-state index in [9.17, 15) is 4.79 Å². The van der Waals surface area contributed by atoms with Crippen LogP contribution in [0.25, 0.3) is 0 Å². The maximum atomic E-state index is 13.3. The molecule has 0 radical (unpaired) electrons. The molecule has 2 aromatic rings. The molecule has 1 saturated heterocycles. The van der Waals surface area contributed by atoms with E-state index in [0.717, 1.165) is 29.8 Å². The summed E-state index contributed by atoms with van der Waals surface area (Å²) in [5.74, 6) is 0.824. The number of urea groups is 1. The van der Waals surface area contributed by atoms with Gasteiger partial charge in [-0.2, -0.15) is 0 Å². The first kappa shape index (κ1) is 16.9. The smallest absolute Gasteiger partial charge is 0.320 e. The molecule has 5 nitrogen and oxygen atoms in total. The molecule has 0 bridgehead atoms. The third kappa shape index (κ3) is 3.15. The van der Waals surface area contributed by atoms with Gasteiger partial charge in [0.15, 0.2) is 0 Å². The molecule has 136 valence electrons. The highest BCUT2D eigenvalue weighted by atomic mass is 16.5. The highest BCUT2D eigenvalue weighted by Gasteiger charge is 2.35. The summed E-state index contributed by atoms with van der Waals surface area (Å²) in [4.78, 5) is 17.2. The van der Waals surface area contributed by atoms with Crippen molar-refractivity contribution in [2.24, 2.45) is 0 Å². The molecule has 1 atom stereocenters. The largest absolute Gasteiger partial charge is 0.497 e. The van der Waals surface area contributed by atoms with Crippen molar-refractivity contribution in [3.8, 4) is 5.75 Å². The summed E-state index contributed by atoms with van der Waals surface area (Å²) in [6, 6.07) is 16.5. The van der Waals surface area contributed by atoms with Crippen LogP contribution < -0.4 is 4.74 Å². The zero-order chi connectivity index (χ0) is 17.9. The van der Waals surface area contributed by atoms with Gasteiger partial charge in [0.25, 0.3) is 0 Å². The van der Waals surface area contributed by atoms with E-state index in [1.807, 2.05) is 34.1 Å². The summed E-state index contributed by atoms with van der Waals surface area (Å²) < 4.78 is 10.9. The quantitative estimate of drug-likeness (QED) is 0.834. The number of rotatable bonds is 2. The number of amides is 2. The van der Waals surface area contributed by atoms with Crippen LogP contribution in [0.3, 0.4) is 0 Å². The van der Waals surface area contributed by atoms with Gasteiger partial charge < -0.3 is 19.3 Å². The van der Waals surface area contributed by atoms with Crippen molar-refractivity contribution in [2.75, 3.05) is 40.0 Å². The van der Waals surface area contributed by atoms with E-state index in [2.05, 4.69) is 24.3 Å². The van der Waals surface area contributed by atoms with E-state index in [0.29, 0.717) is 26.3 Å². The number of carbonyl (C=O) groups is 1. The second-order valence-electron chi connectivity index (χ2n) is 6.70. The van der Waals surface area contributed by atoms with Crippen LogP contribution in [0.5, 0.6) is 5.75 Å². The molecule has 1 fully saturated rings. The van der Waals surface area contributed by atoms with Gasteiger partial charge in [0.2, 0.25) is 0 Å². The van der Waals surface area contributed by atoms with Gasteiger partial charge >= 0.3 is 6.03 Å². The van der Waals surface area contributed by atoms with Crippen molar-refractivity contribution in [3.63, 3.8) is 0 Å². The second-order valence-corrected chi connectivity index (χ2v) is 6.70. The molecule has 2 heterocycles. The van der Waals surface area contributed by atoms with Crippen molar-refractivity contribution in [3.05, 3.63) is 65.2 Å².